The highest BCUT2D eigenvalue weighted by atomic mass is 32.2. The van der Waals surface area contributed by atoms with Crippen LogP contribution in [0.5, 0.6) is 0 Å². The average Bonchev–Trinajstić information content (AvgIpc) is 2.60. The second-order valence-electron chi connectivity index (χ2n) is 5.95. The van der Waals surface area contributed by atoms with Crippen LogP contribution in [0.25, 0.3) is 0 Å². The molecule has 5 nitrogen and oxygen atoms in total. The molecule has 1 aliphatic carbocycles. The second kappa shape index (κ2) is 7.15. The SMILES string of the molecule is O=C(Cc1ccccc1)NNS(=O)(=O)c1ccc2c(c1)CCCC2. The Balaban J connectivity index is 1.64. The van der Waals surface area contributed by atoms with Gasteiger partial charge in [0.05, 0.1) is 11.3 Å². The molecule has 0 saturated carbocycles. The van der Waals surface area contributed by atoms with Crippen LogP contribution in [0.1, 0.15) is 29.5 Å². The Hall–Kier alpha value is -2.18. The fraction of sp³-hybridized carbons (Fsp3) is 0.278. The number of fused-ring (bicyclic) bond motifs is 1. The minimum absolute atomic E-state index is 0.119. The first-order chi connectivity index (χ1) is 11.5. The molecule has 0 heterocycles. The maximum atomic E-state index is 12.3. The van der Waals surface area contributed by atoms with Crippen LogP contribution < -0.4 is 10.3 Å². The Morgan fingerprint density at radius 1 is 0.958 bits per heavy atom. The highest BCUT2D eigenvalue weighted by Crippen LogP contribution is 2.23. The van der Waals surface area contributed by atoms with E-state index in [0.717, 1.165) is 36.8 Å². The topological polar surface area (TPSA) is 75.3 Å². The fourth-order valence-corrected chi connectivity index (χ4v) is 3.80. The summed E-state index contributed by atoms with van der Waals surface area (Å²) >= 11 is 0. The summed E-state index contributed by atoms with van der Waals surface area (Å²) in [6, 6.07) is 14.3. The van der Waals surface area contributed by atoms with Crippen molar-refractivity contribution in [3.05, 3.63) is 65.2 Å². The van der Waals surface area contributed by atoms with E-state index in [1.807, 2.05) is 36.4 Å². The van der Waals surface area contributed by atoms with Gasteiger partial charge < -0.3 is 0 Å². The number of nitrogens with one attached hydrogen (secondary N) is 2. The number of aryl methyl sites for hydroxylation is 2. The molecule has 0 aliphatic heterocycles. The van der Waals surface area contributed by atoms with E-state index >= 15 is 0 Å². The predicted molar refractivity (Wildman–Crippen MR) is 91.7 cm³/mol. The number of sulfonamides is 1. The van der Waals surface area contributed by atoms with E-state index < -0.39 is 15.9 Å². The van der Waals surface area contributed by atoms with Gasteiger partial charge in [0, 0.05) is 0 Å². The van der Waals surface area contributed by atoms with Crippen LogP contribution in [-0.4, -0.2) is 14.3 Å². The van der Waals surface area contributed by atoms with Crippen LogP contribution in [0.4, 0.5) is 0 Å². The normalized spacial score (nSPS) is 14.0. The molecule has 2 aromatic carbocycles. The lowest BCUT2D eigenvalue weighted by molar-refractivity contribution is -0.120. The molecule has 0 aromatic heterocycles. The summed E-state index contributed by atoms with van der Waals surface area (Å²) in [5.74, 6) is -0.400. The predicted octanol–water partition coefficient (Wildman–Crippen LogP) is 2.12. The number of hydrogen-bond donors (Lipinski definition) is 2. The largest absolute Gasteiger partial charge is 0.277 e. The zero-order valence-electron chi connectivity index (χ0n) is 13.3. The smallest absolute Gasteiger partial charge is 0.257 e. The molecule has 0 fully saturated rings. The minimum Gasteiger partial charge on any atom is -0.277 e. The van der Waals surface area contributed by atoms with Gasteiger partial charge >= 0.3 is 0 Å². The van der Waals surface area contributed by atoms with Crippen LogP contribution in [0.2, 0.25) is 0 Å². The van der Waals surface area contributed by atoms with Crippen LogP contribution in [0.15, 0.2) is 53.4 Å². The fourth-order valence-electron chi connectivity index (χ4n) is 2.89. The van der Waals surface area contributed by atoms with E-state index in [0.29, 0.717) is 0 Å². The van der Waals surface area contributed by atoms with Crippen molar-refractivity contribution in [3.8, 4) is 0 Å². The number of rotatable bonds is 5. The van der Waals surface area contributed by atoms with Gasteiger partial charge in [0.1, 0.15) is 0 Å². The van der Waals surface area contributed by atoms with Gasteiger partial charge in [-0.25, -0.2) is 8.42 Å². The van der Waals surface area contributed by atoms with E-state index in [2.05, 4.69) is 10.3 Å². The first-order valence-electron chi connectivity index (χ1n) is 8.01. The molecule has 0 radical (unpaired) electrons. The van der Waals surface area contributed by atoms with Crippen molar-refractivity contribution in [3.63, 3.8) is 0 Å². The molecule has 1 amide bonds. The molecule has 0 spiro atoms. The zero-order chi connectivity index (χ0) is 17.0. The number of carbonyl (C=O) groups excluding carboxylic acids is 1. The molecule has 24 heavy (non-hydrogen) atoms. The number of amides is 1. The Morgan fingerprint density at radius 2 is 1.67 bits per heavy atom. The van der Waals surface area contributed by atoms with Crippen LogP contribution >= 0.6 is 0 Å². The molecule has 3 rings (SSSR count). The highest BCUT2D eigenvalue weighted by Gasteiger charge is 2.18. The zero-order valence-corrected chi connectivity index (χ0v) is 14.1. The van der Waals surface area contributed by atoms with Gasteiger partial charge in [-0.2, -0.15) is 0 Å². The second-order valence-corrected chi connectivity index (χ2v) is 7.64. The quantitative estimate of drug-likeness (QED) is 0.816. The lowest BCUT2D eigenvalue weighted by Gasteiger charge is -2.17. The van der Waals surface area contributed by atoms with Gasteiger partial charge in [0.15, 0.2) is 0 Å². The van der Waals surface area contributed by atoms with E-state index in [1.165, 1.54) is 5.56 Å². The Kier molecular flexibility index (Phi) is 4.97. The molecule has 2 aromatic rings. The highest BCUT2D eigenvalue weighted by molar-refractivity contribution is 7.89. The van der Waals surface area contributed by atoms with Crippen LogP contribution in [0, 0.1) is 0 Å². The summed E-state index contributed by atoms with van der Waals surface area (Å²) in [4.78, 5) is 14.2. The maximum Gasteiger partial charge on any atom is 0.257 e. The first kappa shape index (κ1) is 16.7. The third kappa shape index (κ3) is 4.01. The summed E-state index contributed by atoms with van der Waals surface area (Å²) in [5.41, 5.74) is 5.39. The van der Waals surface area contributed by atoms with Crippen LogP contribution in [0.3, 0.4) is 0 Å². The molecule has 0 saturated heterocycles. The standard InChI is InChI=1S/C18H20N2O3S/c21-18(12-14-6-2-1-3-7-14)19-20-24(22,23)17-11-10-15-8-4-5-9-16(15)13-17/h1-3,6-7,10-11,13,20H,4-5,8-9,12H2,(H,19,21). The van der Waals surface area contributed by atoms with Gasteiger partial charge in [-0.15, -0.1) is 4.83 Å². The van der Waals surface area contributed by atoms with Crippen molar-refractivity contribution in [1.29, 1.82) is 0 Å². The third-order valence-corrected chi connectivity index (χ3v) is 5.41. The van der Waals surface area contributed by atoms with E-state index in [4.69, 9.17) is 0 Å². The Labute approximate surface area is 142 Å². The van der Waals surface area contributed by atoms with Crippen molar-refractivity contribution >= 4 is 15.9 Å². The first-order valence-corrected chi connectivity index (χ1v) is 9.49. The minimum atomic E-state index is -3.76. The van der Waals surface area contributed by atoms with Crippen molar-refractivity contribution in [2.75, 3.05) is 0 Å². The summed E-state index contributed by atoms with van der Waals surface area (Å²) in [6.45, 7) is 0. The number of hydrogen-bond acceptors (Lipinski definition) is 3. The Morgan fingerprint density at radius 3 is 2.42 bits per heavy atom. The lowest BCUT2D eigenvalue weighted by atomic mass is 9.92. The molecule has 2 N–H and O–H groups in total. The summed E-state index contributed by atoms with van der Waals surface area (Å²) < 4.78 is 24.7. The van der Waals surface area contributed by atoms with Gasteiger partial charge in [-0.1, -0.05) is 36.4 Å². The van der Waals surface area contributed by atoms with E-state index in [1.54, 1.807) is 12.1 Å². The van der Waals surface area contributed by atoms with Crippen LogP contribution in [-0.2, 0) is 34.1 Å². The Bertz CT molecular complexity index is 833. The number of hydrazine groups is 1. The molecular formula is C18H20N2O3S. The molecule has 1 aliphatic rings. The van der Waals surface area contributed by atoms with Gasteiger partial charge in [-0.3, -0.25) is 10.2 Å². The maximum absolute atomic E-state index is 12.3. The molecular weight excluding hydrogens is 324 g/mol. The number of carbonyl (C=O) groups is 1. The molecule has 0 atom stereocenters. The summed E-state index contributed by atoms with van der Waals surface area (Å²) in [6.07, 6.45) is 4.24. The summed E-state index contributed by atoms with van der Waals surface area (Å²) in [5, 5.41) is 0. The molecule has 0 bridgehead atoms. The molecule has 126 valence electrons. The van der Waals surface area contributed by atoms with Gasteiger partial charge in [0.25, 0.3) is 10.0 Å². The third-order valence-electron chi connectivity index (χ3n) is 4.16. The van der Waals surface area contributed by atoms with Gasteiger partial charge in [-0.05, 0) is 54.5 Å². The van der Waals surface area contributed by atoms with Gasteiger partial charge in [0.2, 0.25) is 5.91 Å². The monoisotopic (exact) mass is 344 g/mol. The van der Waals surface area contributed by atoms with E-state index in [-0.39, 0.29) is 11.3 Å². The average molecular weight is 344 g/mol. The molecule has 6 heteroatoms. The number of benzene rings is 2. The van der Waals surface area contributed by atoms with Crippen molar-refractivity contribution in [2.45, 2.75) is 37.0 Å². The summed E-state index contributed by atoms with van der Waals surface area (Å²) in [7, 11) is -3.76. The van der Waals surface area contributed by atoms with Crippen molar-refractivity contribution < 1.29 is 13.2 Å². The van der Waals surface area contributed by atoms with Crippen molar-refractivity contribution in [2.24, 2.45) is 0 Å². The molecule has 0 unspecified atom stereocenters. The lowest BCUT2D eigenvalue weighted by Crippen LogP contribution is -2.42. The van der Waals surface area contributed by atoms with Crippen molar-refractivity contribution in [1.82, 2.24) is 10.3 Å². The van der Waals surface area contributed by atoms with E-state index in [9.17, 15) is 13.2 Å².